The molecule has 0 radical (unpaired) electrons. The second-order valence-electron chi connectivity index (χ2n) is 6.58. The van der Waals surface area contributed by atoms with Gasteiger partial charge in [0.15, 0.2) is 0 Å². The molecule has 0 bridgehead atoms. The van der Waals surface area contributed by atoms with Crippen molar-refractivity contribution < 1.29 is 4.79 Å². The number of nitrogens with zero attached hydrogens (tertiary/aromatic N) is 2. The van der Waals surface area contributed by atoms with Crippen LogP contribution in [0.1, 0.15) is 44.9 Å². The van der Waals surface area contributed by atoms with Crippen LogP contribution < -0.4 is 5.32 Å². The number of rotatable bonds is 4. The van der Waals surface area contributed by atoms with Crippen LogP contribution in [-0.2, 0) is 4.79 Å². The lowest BCUT2D eigenvalue weighted by molar-refractivity contribution is -0.129. The molecule has 0 aromatic heterocycles. The molecule has 0 aliphatic carbocycles. The van der Waals surface area contributed by atoms with Crippen molar-refractivity contribution in [1.29, 1.82) is 0 Å². The summed E-state index contributed by atoms with van der Waals surface area (Å²) >= 11 is 0. The second kappa shape index (κ2) is 7.99. The molecule has 2 saturated heterocycles. The summed E-state index contributed by atoms with van der Waals surface area (Å²) in [6.45, 7) is 4.48. The molecule has 1 amide bonds. The number of carbonyl (C=O) groups excluding carboxylic acids is 1. The van der Waals surface area contributed by atoms with Gasteiger partial charge in [0, 0.05) is 33.1 Å². The van der Waals surface area contributed by atoms with Crippen LogP contribution in [0, 0.1) is 5.92 Å². The number of hydrogen-bond donors (Lipinski definition) is 1. The Hall–Kier alpha value is -0.610. The largest absolute Gasteiger partial charge is 0.349 e. The monoisotopic (exact) mass is 281 g/mol. The Labute approximate surface area is 123 Å². The molecule has 4 nitrogen and oxygen atoms in total. The number of hydrogen-bond acceptors (Lipinski definition) is 3. The molecule has 2 rings (SSSR count). The summed E-state index contributed by atoms with van der Waals surface area (Å²) in [6.07, 6.45) is 8.66. The van der Waals surface area contributed by atoms with Gasteiger partial charge in [-0.2, -0.15) is 0 Å². The lowest BCUT2D eigenvalue weighted by Gasteiger charge is -2.38. The van der Waals surface area contributed by atoms with Crippen LogP contribution in [-0.4, -0.2) is 62.0 Å². The highest BCUT2D eigenvalue weighted by Crippen LogP contribution is 2.28. The first-order chi connectivity index (χ1) is 9.68. The van der Waals surface area contributed by atoms with Crippen LogP contribution in [0.4, 0.5) is 0 Å². The van der Waals surface area contributed by atoms with Gasteiger partial charge in [0.25, 0.3) is 0 Å². The number of carbonyl (C=O) groups is 1. The molecule has 0 aromatic rings. The predicted molar refractivity (Wildman–Crippen MR) is 82.7 cm³/mol. The minimum Gasteiger partial charge on any atom is -0.349 e. The van der Waals surface area contributed by atoms with Gasteiger partial charge in [0.2, 0.25) is 5.91 Å². The standard InChI is InChI=1S/C16H31N3O/c1-18(2)16(20)9-13-19-12-5-3-4-6-15(19)14-7-10-17-11-8-14/h14-15,17H,3-13H2,1-2H3. The Morgan fingerprint density at radius 2 is 1.90 bits per heavy atom. The van der Waals surface area contributed by atoms with Crippen LogP contribution in [0.5, 0.6) is 0 Å². The number of amides is 1. The summed E-state index contributed by atoms with van der Waals surface area (Å²) in [7, 11) is 3.71. The maximum absolute atomic E-state index is 11.8. The Morgan fingerprint density at radius 1 is 1.15 bits per heavy atom. The highest BCUT2D eigenvalue weighted by molar-refractivity contribution is 5.75. The first-order valence-electron chi connectivity index (χ1n) is 8.33. The van der Waals surface area contributed by atoms with E-state index in [1.54, 1.807) is 4.90 Å². The van der Waals surface area contributed by atoms with E-state index in [1.165, 1.54) is 58.2 Å². The molecule has 20 heavy (non-hydrogen) atoms. The van der Waals surface area contributed by atoms with Gasteiger partial charge >= 0.3 is 0 Å². The average molecular weight is 281 g/mol. The number of likely N-dealkylation sites (tertiary alicyclic amines) is 1. The lowest BCUT2D eigenvalue weighted by Crippen LogP contribution is -2.45. The topological polar surface area (TPSA) is 35.6 Å². The molecule has 4 heteroatoms. The summed E-state index contributed by atoms with van der Waals surface area (Å²) in [5.74, 6) is 1.10. The van der Waals surface area contributed by atoms with Gasteiger partial charge in [-0.05, 0) is 51.2 Å². The van der Waals surface area contributed by atoms with E-state index < -0.39 is 0 Å². The zero-order valence-electron chi connectivity index (χ0n) is 13.2. The quantitative estimate of drug-likeness (QED) is 0.852. The molecule has 2 fully saturated rings. The molecule has 1 atom stereocenters. The first kappa shape index (κ1) is 15.8. The molecule has 2 heterocycles. The Balaban J connectivity index is 1.92. The van der Waals surface area contributed by atoms with E-state index >= 15 is 0 Å². The molecule has 116 valence electrons. The van der Waals surface area contributed by atoms with Crippen molar-refractivity contribution in [2.75, 3.05) is 40.3 Å². The summed E-state index contributed by atoms with van der Waals surface area (Å²) in [6, 6.07) is 0.717. The molecule has 2 aliphatic heterocycles. The van der Waals surface area contributed by atoms with E-state index in [-0.39, 0.29) is 5.91 Å². The van der Waals surface area contributed by atoms with Gasteiger partial charge in [0.1, 0.15) is 0 Å². The van der Waals surface area contributed by atoms with Crippen molar-refractivity contribution in [3.05, 3.63) is 0 Å². The van der Waals surface area contributed by atoms with Crippen molar-refractivity contribution in [3.8, 4) is 0 Å². The molecule has 0 saturated carbocycles. The molecule has 0 aromatic carbocycles. The van der Waals surface area contributed by atoms with Crippen molar-refractivity contribution in [1.82, 2.24) is 15.1 Å². The van der Waals surface area contributed by atoms with Gasteiger partial charge in [-0.25, -0.2) is 0 Å². The van der Waals surface area contributed by atoms with Crippen LogP contribution in [0.25, 0.3) is 0 Å². The van der Waals surface area contributed by atoms with E-state index in [0.29, 0.717) is 6.42 Å². The summed E-state index contributed by atoms with van der Waals surface area (Å²) < 4.78 is 0. The third-order valence-corrected chi connectivity index (χ3v) is 4.95. The Morgan fingerprint density at radius 3 is 2.60 bits per heavy atom. The van der Waals surface area contributed by atoms with Gasteiger partial charge in [-0.15, -0.1) is 0 Å². The predicted octanol–water partition coefficient (Wildman–Crippen LogP) is 1.71. The van der Waals surface area contributed by atoms with Crippen LogP contribution in [0.3, 0.4) is 0 Å². The highest BCUT2D eigenvalue weighted by Gasteiger charge is 2.29. The zero-order chi connectivity index (χ0) is 14.4. The third kappa shape index (κ3) is 4.45. The van der Waals surface area contributed by atoms with E-state index in [4.69, 9.17) is 0 Å². The maximum Gasteiger partial charge on any atom is 0.223 e. The first-order valence-corrected chi connectivity index (χ1v) is 8.33. The van der Waals surface area contributed by atoms with Crippen molar-refractivity contribution >= 4 is 5.91 Å². The fourth-order valence-electron chi connectivity index (χ4n) is 3.70. The zero-order valence-corrected chi connectivity index (χ0v) is 13.2. The average Bonchev–Trinajstić information content (AvgIpc) is 2.70. The van der Waals surface area contributed by atoms with Crippen molar-refractivity contribution in [3.63, 3.8) is 0 Å². The fourth-order valence-corrected chi connectivity index (χ4v) is 3.70. The molecule has 1 unspecified atom stereocenters. The van der Waals surface area contributed by atoms with Crippen LogP contribution >= 0.6 is 0 Å². The fraction of sp³-hybridized carbons (Fsp3) is 0.938. The van der Waals surface area contributed by atoms with Crippen LogP contribution in [0.15, 0.2) is 0 Å². The number of nitrogens with one attached hydrogen (secondary N) is 1. The van der Waals surface area contributed by atoms with Gasteiger partial charge in [-0.1, -0.05) is 12.8 Å². The van der Waals surface area contributed by atoms with E-state index in [9.17, 15) is 4.79 Å². The molecule has 0 spiro atoms. The minimum absolute atomic E-state index is 0.262. The second-order valence-corrected chi connectivity index (χ2v) is 6.58. The summed E-state index contributed by atoms with van der Waals surface area (Å²) in [5.41, 5.74) is 0. The van der Waals surface area contributed by atoms with Crippen molar-refractivity contribution in [2.45, 2.75) is 51.0 Å². The van der Waals surface area contributed by atoms with E-state index in [2.05, 4.69) is 10.2 Å². The minimum atomic E-state index is 0.262. The normalized spacial score (nSPS) is 26.2. The molecule has 1 N–H and O–H groups in total. The van der Waals surface area contributed by atoms with Gasteiger partial charge < -0.3 is 10.2 Å². The smallest absolute Gasteiger partial charge is 0.223 e. The lowest BCUT2D eigenvalue weighted by atomic mass is 9.86. The van der Waals surface area contributed by atoms with E-state index in [0.717, 1.165) is 18.5 Å². The SMILES string of the molecule is CN(C)C(=O)CCN1CCCCCC1C1CCNCC1. The molecule has 2 aliphatic rings. The molecular weight excluding hydrogens is 250 g/mol. The van der Waals surface area contributed by atoms with Gasteiger partial charge in [-0.3, -0.25) is 9.69 Å². The number of piperidine rings is 1. The Kier molecular flexibility index (Phi) is 6.30. The van der Waals surface area contributed by atoms with Crippen LogP contribution in [0.2, 0.25) is 0 Å². The van der Waals surface area contributed by atoms with Gasteiger partial charge in [0.05, 0.1) is 0 Å². The van der Waals surface area contributed by atoms with E-state index in [1.807, 2.05) is 14.1 Å². The molecular formula is C16H31N3O. The summed E-state index contributed by atoms with van der Waals surface area (Å²) in [5, 5.41) is 3.47. The summed E-state index contributed by atoms with van der Waals surface area (Å²) in [4.78, 5) is 16.2. The Bertz CT molecular complexity index is 300. The third-order valence-electron chi connectivity index (χ3n) is 4.95. The highest BCUT2D eigenvalue weighted by atomic mass is 16.2. The van der Waals surface area contributed by atoms with Crippen molar-refractivity contribution in [2.24, 2.45) is 5.92 Å². The maximum atomic E-state index is 11.8.